The lowest BCUT2D eigenvalue weighted by Crippen LogP contribution is -2.43. The number of nitrogens with zero attached hydrogens (tertiary/aromatic N) is 5. The van der Waals surface area contributed by atoms with Crippen LogP contribution in [-0.2, 0) is 14.2 Å². The van der Waals surface area contributed by atoms with Crippen molar-refractivity contribution in [1.29, 1.82) is 0 Å². The van der Waals surface area contributed by atoms with E-state index in [2.05, 4.69) is 139 Å². The number of hydrogen-bond acceptors (Lipinski definition) is 9. The maximum Gasteiger partial charge on any atom is 0.410 e. The number of likely N-dealkylation sites (tertiary alicyclic amines) is 3. The highest BCUT2D eigenvalue weighted by Gasteiger charge is 2.34. The predicted molar refractivity (Wildman–Crippen MR) is 310 cm³/mol. The summed E-state index contributed by atoms with van der Waals surface area (Å²) < 4.78 is 16.0. The number of terminal acetylenes is 2. The van der Waals surface area contributed by atoms with Crippen molar-refractivity contribution in [3.8, 4) is 108 Å². The molecular formula is C62H92ClN5O7. The van der Waals surface area contributed by atoms with Crippen molar-refractivity contribution >= 4 is 30.7 Å². The smallest absolute Gasteiger partial charge is 0.410 e. The zero-order chi connectivity index (χ0) is 56.6. The zero-order valence-corrected chi connectivity index (χ0v) is 49.5. The van der Waals surface area contributed by atoms with E-state index in [9.17, 15) is 14.4 Å². The average Bonchev–Trinajstić information content (AvgIpc) is 4.14. The number of hydrogen-bond donors (Lipinski definition) is 1. The van der Waals surface area contributed by atoms with Gasteiger partial charge in [0, 0.05) is 44.8 Å². The van der Waals surface area contributed by atoms with Gasteiger partial charge in [-0.15, -0.1) is 25.3 Å². The molecule has 0 unspecified atom stereocenters. The second-order valence-electron chi connectivity index (χ2n) is 21.4. The summed E-state index contributed by atoms with van der Waals surface area (Å²) in [6.45, 7) is 27.9. The quantitative estimate of drug-likeness (QED) is 0.205. The predicted octanol–water partition coefficient (Wildman–Crippen LogP) is 9.97. The van der Waals surface area contributed by atoms with Crippen molar-refractivity contribution in [3.05, 3.63) is 0 Å². The van der Waals surface area contributed by atoms with Gasteiger partial charge in [-0.2, -0.15) is 0 Å². The number of ether oxygens (including phenoxy) is 3. The molecule has 3 amide bonds. The number of aliphatic hydroxyl groups excluding tert-OH is 1. The first-order valence-corrected chi connectivity index (χ1v) is 26.1. The molecule has 3 atom stereocenters. The highest BCUT2D eigenvalue weighted by Crippen LogP contribution is 2.25. The molecular weight excluding hydrogens is 962 g/mol. The van der Waals surface area contributed by atoms with E-state index in [0.717, 1.165) is 70.5 Å². The Bertz CT molecular complexity index is 2100. The summed E-state index contributed by atoms with van der Waals surface area (Å²) in [6, 6.07) is 0.652. The maximum absolute atomic E-state index is 11.9. The van der Waals surface area contributed by atoms with Crippen LogP contribution < -0.4 is 0 Å². The van der Waals surface area contributed by atoms with Crippen LogP contribution in [0, 0.1) is 113 Å². The van der Waals surface area contributed by atoms with Gasteiger partial charge in [0.05, 0.1) is 12.6 Å². The highest BCUT2D eigenvalue weighted by molar-refractivity contribution is 5.85. The number of carbonyl (C=O) groups is 3. The number of carbonyl (C=O) groups excluding carboxylic acids is 3. The number of amides is 3. The number of aliphatic hydroxyl groups is 1. The molecule has 0 aromatic carbocycles. The SMILES string of the molecule is C#CC#CC#CC#CC#CC#CC#CC#CC#C.CC(C)(C)OC(=O)N1CCC[C@H]1CO.CCC.CC[C@@H]1CCCN1C(=O)OC(C)(C)C.CN(C)CC1CCCC1.CN(C)C[C@@H]1CCCN1C(=O)OC(C)(C)C.Cl. The first kappa shape index (κ1) is 73.3. The van der Waals surface area contributed by atoms with Crippen LogP contribution in [-0.4, -0.2) is 150 Å². The largest absolute Gasteiger partial charge is 0.444 e. The average molecular weight is 1050 g/mol. The van der Waals surface area contributed by atoms with Gasteiger partial charge in [-0.05, 0) is 249 Å². The van der Waals surface area contributed by atoms with E-state index in [-0.39, 0.29) is 48.9 Å². The van der Waals surface area contributed by atoms with Gasteiger partial charge < -0.3 is 43.8 Å². The fourth-order valence-electron chi connectivity index (χ4n) is 7.57. The first-order chi connectivity index (χ1) is 34.8. The molecule has 3 aliphatic heterocycles. The van der Waals surface area contributed by atoms with E-state index in [1.54, 1.807) is 4.90 Å². The van der Waals surface area contributed by atoms with Crippen LogP contribution in [0.5, 0.6) is 0 Å². The van der Waals surface area contributed by atoms with E-state index in [1.165, 1.54) is 38.6 Å². The molecule has 1 aliphatic carbocycles. The third kappa shape index (κ3) is 41.0. The molecule has 4 fully saturated rings. The molecule has 4 aliphatic rings. The van der Waals surface area contributed by atoms with Crippen LogP contribution in [0.15, 0.2) is 0 Å². The Balaban J connectivity index is -0.000000859. The van der Waals surface area contributed by atoms with E-state index in [4.69, 9.17) is 32.2 Å². The number of likely N-dealkylation sites (N-methyl/N-ethyl adjacent to an activating group) is 1. The number of halogens is 1. The zero-order valence-electron chi connectivity index (χ0n) is 48.7. The van der Waals surface area contributed by atoms with Gasteiger partial charge in [-0.25, -0.2) is 14.4 Å². The molecule has 3 saturated heterocycles. The van der Waals surface area contributed by atoms with Crippen molar-refractivity contribution in [2.75, 3.05) is 67.5 Å². The molecule has 0 aromatic rings. The Kier molecular flexibility index (Phi) is 41.3. The monoisotopic (exact) mass is 1050 g/mol. The van der Waals surface area contributed by atoms with E-state index < -0.39 is 11.2 Å². The minimum Gasteiger partial charge on any atom is -0.444 e. The third-order valence-electron chi connectivity index (χ3n) is 10.3. The Morgan fingerprint density at radius 1 is 0.480 bits per heavy atom. The van der Waals surface area contributed by atoms with Gasteiger partial charge in [-0.3, -0.25) is 0 Å². The van der Waals surface area contributed by atoms with Crippen molar-refractivity contribution in [2.45, 2.75) is 195 Å². The molecule has 414 valence electrons. The summed E-state index contributed by atoms with van der Waals surface area (Å²) in [5.41, 5.74) is -1.24. The fraction of sp³-hybridized carbons (Fsp3) is 0.661. The molecule has 0 spiro atoms. The molecule has 1 saturated carbocycles. The molecule has 75 heavy (non-hydrogen) atoms. The number of rotatable bonds is 6. The van der Waals surface area contributed by atoms with Crippen LogP contribution in [0.3, 0.4) is 0 Å². The van der Waals surface area contributed by atoms with Gasteiger partial charge in [0.2, 0.25) is 0 Å². The van der Waals surface area contributed by atoms with Gasteiger partial charge in [0.15, 0.2) is 0 Å². The van der Waals surface area contributed by atoms with E-state index in [0.29, 0.717) is 18.6 Å². The standard InChI is InChI=1S/C18H2.C12H24N2O2.C11H21NO2.C10H19NO3.C8H17N.C3H8.ClH/c1-3-5-7-9-11-13-15-17-18-16-14-12-10-8-6-4-2;1-12(2,3)16-11(15)14-8-6-7-10(14)9-13(4)5;1-5-9-7-6-8-12(9)10(13)14-11(2,3)4;1-10(2,3)14-9(13)11-6-4-5-8(11)7-12;1-9(2)7-8-5-3-4-6-8;1-3-2;/h1-2H;10H,6-9H2,1-5H3;9H,5-8H2,1-4H3;8,12H,4-7H2,1-3H3;8H,3-7H2,1-2H3;3H2,1-2H3;1H/t;10-;9-;8-;;;/m.010.../s1. The van der Waals surface area contributed by atoms with Gasteiger partial charge in [0.1, 0.15) is 16.8 Å². The minimum absolute atomic E-state index is 0. The maximum atomic E-state index is 11.9. The second kappa shape index (κ2) is 42.3. The summed E-state index contributed by atoms with van der Waals surface area (Å²) in [5.74, 6) is 39.3. The van der Waals surface area contributed by atoms with Crippen LogP contribution in [0.25, 0.3) is 0 Å². The molecule has 13 heteroatoms. The van der Waals surface area contributed by atoms with Crippen LogP contribution in [0.1, 0.15) is 160 Å². The minimum atomic E-state index is -0.459. The van der Waals surface area contributed by atoms with Gasteiger partial charge >= 0.3 is 18.3 Å². The molecule has 4 rings (SSSR count). The van der Waals surface area contributed by atoms with Crippen LogP contribution >= 0.6 is 12.4 Å². The van der Waals surface area contributed by atoms with Crippen molar-refractivity contribution in [2.24, 2.45) is 5.92 Å². The summed E-state index contributed by atoms with van der Waals surface area (Å²) in [5, 5.41) is 9.03. The molecule has 0 radical (unpaired) electrons. The third-order valence-corrected chi connectivity index (χ3v) is 10.3. The lowest BCUT2D eigenvalue weighted by molar-refractivity contribution is 0.0172. The van der Waals surface area contributed by atoms with Gasteiger partial charge in [0.25, 0.3) is 0 Å². The Morgan fingerprint density at radius 2 is 0.760 bits per heavy atom. The topological polar surface area (TPSA) is 115 Å². The second-order valence-corrected chi connectivity index (χ2v) is 21.4. The molecule has 1 N–H and O–H groups in total. The Hall–Kier alpha value is -5.98. The van der Waals surface area contributed by atoms with Crippen molar-refractivity contribution < 1.29 is 33.7 Å². The lowest BCUT2D eigenvalue weighted by Gasteiger charge is -2.29. The molecule has 0 bridgehead atoms. The van der Waals surface area contributed by atoms with E-state index >= 15 is 0 Å². The van der Waals surface area contributed by atoms with Crippen molar-refractivity contribution in [3.63, 3.8) is 0 Å². The van der Waals surface area contributed by atoms with Crippen LogP contribution in [0.4, 0.5) is 14.4 Å². The highest BCUT2D eigenvalue weighted by atomic mass is 35.5. The van der Waals surface area contributed by atoms with Gasteiger partial charge in [-0.1, -0.05) is 40.0 Å². The Morgan fingerprint density at radius 3 is 1.04 bits per heavy atom. The fourth-order valence-corrected chi connectivity index (χ4v) is 7.57. The van der Waals surface area contributed by atoms with Crippen LogP contribution in [0.2, 0.25) is 0 Å². The molecule has 12 nitrogen and oxygen atoms in total. The van der Waals surface area contributed by atoms with Crippen molar-refractivity contribution in [1.82, 2.24) is 24.5 Å². The first-order valence-electron chi connectivity index (χ1n) is 26.1. The summed E-state index contributed by atoms with van der Waals surface area (Å²) >= 11 is 0. The summed E-state index contributed by atoms with van der Waals surface area (Å²) in [6.07, 6.45) is 23.5. The molecule has 0 aromatic heterocycles. The van der Waals surface area contributed by atoms with E-state index in [1.807, 2.05) is 86.2 Å². The summed E-state index contributed by atoms with van der Waals surface area (Å²) in [4.78, 5) is 45.1. The lowest BCUT2D eigenvalue weighted by atomic mass is 10.1. The summed E-state index contributed by atoms with van der Waals surface area (Å²) in [7, 11) is 8.40. The molecule has 3 heterocycles. The normalized spacial score (nSPS) is 16.8. The Labute approximate surface area is 463 Å².